The van der Waals surface area contributed by atoms with Crippen molar-refractivity contribution in [1.29, 1.82) is 5.26 Å². The fourth-order valence-corrected chi connectivity index (χ4v) is 10.1. The molecule has 3 saturated carbocycles. The molecule has 0 radical (unpaired) electrons. The number of thiophene rings is 1. The summed E-state index contributed by atoms with van der Waals surface area (Å²) >= 11 is 1.08. The van der Waals surface area contributed by atoms with Gasteiger partial charge in [-0.3, -0.25) is 4.90 Å². The van der Waals surface area contributed by atoms with Gasteiger partial charge in [0, 0.05) is 72.8 Å². The number of nitriles is 1. The number of ether oxygens (including phenoxy) is 1. The van der Waals surface area contributed by atoms with Gasteiger partial charge in [0.05, 0.1) is 11.8 Å². The second kappa shape index (κ2) is 12.0. The molecule has 0 spiro atoms. The number of fused-ring (bicyclic) bond motifs is 2. The summed E-state index contributed by atoms with van der Waals surface area (Å²) in [6.07, 6.45) is 2.60. The van der Waals surface area contributed by atoms with Crippen molar-refractivity contribution >= 4 is 38.3 Å². The first-order chi connectivity index (χ1) is 23.0. The average Bonchev–Trinajstić information content (AvgIpc) is 3.63. The quantitative estimate of drug-likeness (QED) is 0.198. The number of piperidine rings is 1. The zero-order chi connectivity index (χ0) is 33.3. The molecule has 9 rings (SSSR count). The number of nitrogens with one attached hydrogen (secondary N) is 2. The average molecular weight is 678 g/mol. The van der Waals surface area contributed by atoms with E-state index in [2.05, 4.69) is 68.2 Å². The summed E-state index contributed by atoms with van der Waals surface area (Å²) in [7, 11) is 0. The summed E-state index contributed by atoms with van der Waals surface area (Å²) in [4.78, 5) is 11.9. The molecule has 12 heteroatoms. The molecule has 0 unspecified atom stereocenters. The molecule has 2 aliphatic heterocycles. The normalized spacial score (nSPS) is 26.8. The van der Waals surface area contributed by atoms with Crippen LogP contribution in [0.25, 0.3) is 21.1 Å². The van der Waals surface area contributed by atoms with Crippen molar-refractivity contribution in [3.63, 3.8) is 0 Å². The largest absolute Gasteiger partial charge is 0.393 e. The molecule has 5 fully saturated rings. The molecule has 48 heavy (non-hydrogen) atoms. The molecular weight excluding hydrogens is 636 g/mol. The number of aryl methyl sites for hydroxylation is 1. The van der Waals surface area contributed by atoms with Crippen molar-refractivity contribution in [1.82, 2.24) is 24.8 Å². The van der Waals surface area contributed by atoms with E-state index in [4.69, 9.17) is 4.74 Å². The first kappa shape index (κ1) is 32.0. The van der Waals surface area contributed by atoms with E-state index in [1.54, 1.807) is 6.07 Å². The van der Waals surface area contributed by atoms with Crippen molar-refractivity contribution in [2.75, 3.05) is 31.6 Å². The van der Waals surface area contributed by atoms with Crippen LogP contribution in [0.5, 0.6) is 0 Å². The van der Waals surface area contributed by atoms with Crippen LogP contribution in [0.2, 0.25) is 0 Å². The number of anilines is 1. The number of benzene rings is 1. The molecule has 3 aromatic heterocycles. The molecule has 2 N–H and O–H groups in total. The maximum Gasteiger partial charge on any atom is 0.393 e. The van der Waals surface area contributed by atoms with Crippen LogP contribution in [-0.4, -0.2) is 69.5 Å². The predicted molar refractivity (Wildman–Crippen MR) is 181 cm³/mol. The lowest BCUT2D eigenvalue weighted by molar-refractivity contribution is -0.234. The van der Waals surface area contributed by atoms with Gasteiger partial charge in [0.25, 0.3) is 0 Å². The summed E-state index contributed by atoms with van der Waals surface area (Å²) in [5.74, 6) is 1.20. The Morgan fingerprint density at radius 3 is 2.54 bits per heavy atom. The summed E-state index contributed by atoms with van der Waals surface area (Å²) in [5, 5.41) is 19.5. The molecule has 1 aromatic carbocycles. The molecule has 254 valence electrons. The van der Waals surface area contributed by atoms with Crippen LogP contribution < -0.4 is 10.6 Å². The van der Waals surface area contributed by atoms with Crippen molar-refractivity contribution in [2.45, 2.75) is 95.7 Å². The highest BCUT2D eigenvalue weighted by atomic mass is 32.1. The highest BCUT2D eigenvalue weighted by molar-refractivity contribution is 7.18. The third-order valence-electron chi connectivity index (χ3n) is 11.9. The monoisotopic (exact) mass is 677 g/mol. The zero-order valence-electron chi connectivity index (χ0n) is 27.5. The number of likely N-dealkylation sites (tertiary alicyclic amines) is 1. The van der Waals surface area contributed by atoms with Gasteiger partial charge < -0.3 is 19.9 Å². The maximum atomic E-state index is 13.0. The first-order valence-electron chi connectivity index (χ1n) is 17.2. The molecule has 5 heterocycles. The molecule has 8 nitrogen and oxygen atoms in total. The van der Waals surface area contributed by atoms with Gasteiger partial charge in [-0.15, -0.1) is 11.3 Å². The summed E-state index contributed by atoms with van der Waals surface area (Å²) in [5.41, 5.74) is 4.93. The van der Waals surface area contributed by atoms with Gasteiger partial charge in [-0.1, -0.05) is 13.0 Å². The standard InChI is InChI=1S/C36H42F3N7OS/c1-22-24(17-45-9-5-25(6-10-45)43-32-30-14-28(15-36(37,38)39)48-33(30)42-21-41-32)3-4-31-29(22)13-27(16-40)46(31)20-34-18-35(19-34,23(34)2)44-26-7-11-47-12-8-26/h3-4,13-14,21,23,25-26,44H,5-12,15,17-20H2,1-2H3,(H,41,42,43)/t23-,34?,35?/m0/s1. The molecule has 4 aromatic rings. The molecule has 0 amide bonds. The Hall–Kier alpha value is -3.24. The highest BCUT2D eigenvalue weighted by Gasteiger charge is 2.73. The topological polar surface area (TPSA) is 91.0 Å². The number of aromatic nitrogens is 3. The van der Waals surface area contributed by atoms with Crippen LogP contribution in [0, 0.1) is 29.6 Å². The second-order valence-electron chi connectivity index (χ2n) is 14.8. The summed E-state index contributed by atoms with van der Waals surface area (Å²) in [6, 6.07) is 11.4. The number of hydrogen-bond acceptors (Lipinski definition) is 8. The van der Waals surface area contributed by atoms with E-state index in [-0.39, 0.29) is 21.9 Å². The first-order valence-corrected chi connectivity index (χ1v) is 18.0. The van der Waals surface area contributed by atoms with Crippen molar-refractivity contribution < 1.29 is 17.9 Å². The van der Waals surface area contributed by atoms with Crippen LogP contribution in [-0.2, 0) is 24.2 Å². The highest BCUT2D eigenvalue weighted by Crippen LogP contribution is 2.72. The van der Waals surface area contributed by atoms with Crippen LogP contribution in [0.3, 0.4) is 0 Å². The summed E-state index contributed by atoms with van der Waals surface area (Å²) in [6.45, 7) is 9.83. The Kier molecular flexibility index (Phi) is 7.98. The van der Waals surface area contributed by atoms with Crippen LogP contribution in [0.1, 0.15) is 67.1 Å². The molecule has 2 bridgehead atoms. The molecule has 5 aliphatic rings. The Balaban J connectivity index is 0.906. The molecule has 2 saturated heterocycles. The van der Waals surface area contributed by atoms with Crippen molar-refractivity contribution in [2.24, 2.45) is 11.3 Å². The lowest BCUT2D eigenvalue weighted by Crippen LogP contribution is -2.82. The minimum absolute atomic E-state index is 0.187. The lowest BCUT2D eigenvalue weighted by Gasteiger charge is -2.77. The van der Waals surface area contributed by atoms with Gasteiger partial charge in [-0.2, -0.15) is 18.4 Å². The number of hydrogen-bond donors (Lipinski definition) is 2. The second-order valence-corrected chi connectivity index (χ2v) is 15.9. The fraction of sp³-hybridized carbons (Fsp3) is 0.583. The van der Waals surface area contributed by atoms with Gasteiger partial charge in [-0.25, -0.2) is 9.97 Å². The Labute approximate surface area is 282 Å². The van der Waals surface area contributed by atoms with E-state index >= 15 is 0 Å². The van der Waals surface area contributed by atoms with Gasteiger partial charge in [0.15, 0.2) is 0 Å². The lowest BCUT2D eigenvalue weighted by atomic mass is 9.33. The van der Waals surface area contributed by atoms with Crippen molar-refractivity contribution in [3.05, 3.63) is 52.3 Å². The van der Waals surface area contributed by atoms with Gasteiger partial charge >= 0.3 is 6.18 Å². The Bertz CT molecular complexity index is 1870. The zero-order valence-corrected chi connectivity index (χ0v) is 28.3. The SMILES string of the molecule is Cc1c(CN2CCC(Nc3ncnc4sc(CC(F)(F)F)cc34)CC2)ccc2c1cc(C#N)n2CC12CC(NC3CCOCC3)(C1)[C@H]2C. The molecule has 1 atom stereocenters. The Morgan fingerprint density at radius 1 is 1.06 bits per heavy atom. The van der Waals surface area contributed by atoms with E-state index in [9.17, 15) is 18.4 Å². The van der Waals surface area contributed by atoms with Crippen LogP contribution >= 0.6 is 11.3 Å². The maximum absolute atomic E-state index is 13.0. The number of alkyl halides is 3. The van der Waals surface area contributed by atoms with Crippen molar-refractivity contribution in [3.8, 4) is 6.07 Å². The minimum atomic E-state index is -4.25. The van der Waals surface area contributed by atoms with E-state index in [0.29, 0.717) is 28.0 Å². The smallest absolute Gasteiger partial charge is 0.381 e. The van der Waals surface area contributed by atoms with Crippen LogP contribution in [0.4, 0.5) is 19.0 Å². The van der Waals surface area contributed by atoms with Gasteiger partial charge in [-0.05, 0) is 86.1 Å². The van der Waals surface area contributed by atoms with E-state index in [1.165, 1.54) is 35.7 Å². The minimum Gasteiger partial charge on any atom is -0.381 e. The third-order valence-corrected chi connectivity index (χ3v) is 13.0. The fourth-order valence-electron chi connectivity index (χ4n) is 9.11. The molecule has 3 aliphatic carbocycles. The number of halogens is 3. The van der Waals surface area contributed by atoms with E-state index in [1.807, 2.05) is 0 Å². The predicted octanol–water partition coefficient (Wildman–Crippen LogP) is 6.94. The number of rotatable bonds is 9. The van der Waals surface area contributed by atoms with E-state index in [0.717, 1.165) is 87.6 Å². The van der Waals surface area contributed by atoms with Crippen LogP contribution in [0.15, 0.2) is 30.6 Å². The Morgan fingerprint density at radius 2 is 1.83 bits per heavy atom. The van der Waals surface area contributed by atoms with Gasteiger partial charge in [0.1, 0.15) is 28.7 Å². The molecular formula is C36H42F3N7OS. The number of nitrogens with zero attached hydrogens (tertiary/aromatic N) is 5. The summed E-state index contributed by atoms with van der Waals surface area (Å²) < 4.78 is 46.7. The third kappa shape index (κ3) is 5.66. The van der Waals surface area contributed by atoms with Gasteiger partial charge in [0.2, 0.25) is 0 Å². The van der Waals surface area contributed by atoms with E-state index < -0.39 is 12.6 Å².